The second kappa shape index (κ2) is 3.02. The minimum Gasteiger partial charge on any atom is -0.501 e. The van der Waals surface area contributed by atoms with Crippen LogP contribution in [0.4, 0.5) is 0 Å². The molecule has 2 nitrogen and oxygen atoms in total. The highest BCUT2D eigenvalue weighted by atomic mass is 16.5. The summed E-state index contributed by atoms with van der Waals surface area (Å²) in [6, 6.07) is 0. The third-order valence-corrected chi connectivity index (χ3v) is 3.78. The molecule has 1 fully saturated rings. The summed E-state index contributed by atoms with van der Waals surface area (Å²) in [6.45, 7) is 2.18. The summed E-state index contributed by atoms with van der Waals surface area (Å²) in [5.74, 6) is 1.14. The molecule has 2 atom stereocenters. The first kappa shape index (κ1) is 9.07. The number of aliphatic hydroxyl groups is 1. The van der Waals surface area contributed by atoms with Gasteiger partial charge in [0.05, 0.1) is 19.0 Å². The third kappa shape index (κ3) is 1.19. The molecule has 2 aliphatic carbocycles. The average Bonchev–Trinajstić information content (AvgIpc) is 2.43. The first-order valence-electron chi connectivity index (χ1n) is 5.13. The fraction of sp³-hybridized carbons (Fsp3) is 0.818. The molecule has 74 valence electrons. The maximum atomic E-state index is 9.91. The Morgan fingerprint density at radius 1 is 1.46 bits per heavy atom. The normalized spacial score (nSPS) is 39.2. The molecule has 0 saturated heterocycles. The minimum absolute atomic E-state index is 0.0313. The first-order valence-corrected chi connectivity index (χ1v) is 5.13. The molecule has 2 rings (SSSR count). The van der Waals surface area contributed by atoms with Gasteiger partial charge in [-0.05, 0) is 31.3 Å². The molecular formula is C11H18O2. The molecule has 0 radical (unpaired) electrons. The number of rotatable bonds is 1. The Labute approximate surface area is 79.6 Å². The van der Waals surface area contributed by atoms with E-state index in [1.807, 2.05) is 0 Å². The molecule has 13 heavy (non-hydrogen) atoms. The summed E-state index contributed by atoms with van der Waals surface area (Å²) < 4.78 is 5.39. The van der Waals surface area contributed by atoms with Crippen molar-refractivity contribution in [2.24, 2.45) is 5.41 Å². The zero-order valence-electron chi connectivity index (χ0n) is 8.47. The van der Waals surface area contributed by atoms with E-state index >= 15 is 0 Å². The molecule has 0 spiro atoms. The van der Waals surface area contributed by atoms with Crippen LogP contribution in [0.3, 0.4) is 0 Å². The Kier molecular flexibility index (Phi) is 2.11. The van der Waals surface area contributed by atoms with Crippen molar-refractivity contribution in [3.63, 3.8) is 0 Å². The van der Waals surface area contributed by atoms with Crippen LogP contribution in [-0.2, 0) is 4.74 Å². The van der Waals surface area contributed by atoms with Crippen LogP contribution in [0, 0.1) is 5.41 Å². The van der Waals surface area contributed by atoms with Crippen molar-refractivity contribution in [2.45, 2.75) is 45.1 Å². The highest BCUT2D eigenvalue weighted by molar-refractivity contribution is 5.27. The van der Waals surface area contributed by atoms with Gasteiger partial charge in [-0.1, -0.05) is 6.92 Å². The maximum absolute atomic E-state index is 9.91. The molecule has 1 N–H and O–H groups in total. The predicted octanol–water partition coefficient (Wildman–Crippen LogP) is 2.23. The fourth-order valence-corrected chi connectivity index (χ4v) is 2.85. The van der Waals surface area contributed by atoms with Crippen LogP contribution < -0.4 is 0 Å². The molecule has 0 amide bonds. The number of aliphatic hydroxyl groups excluding tert-OH is 1. The van der Waals surface area contributed by atoms with E-state index in [2.05, 4.69) is 6.92 Å². The second-order valence-corrected chi connectivity index (χ2v) is 4.43. The van der Waals surface area contributed by atoms with Gasteiger partial charge in [-0.15, -0.1) is 0 Å². The van der Waals surface area contributed by atoms with Crippen molar-refractivity contribution in [3.05, 3.63) is 11.3 Å². The smallest absolute Gasteiger partial charge is 0.0953 e. The van der Waals surface area contributed by atoms with Crippen LogP contribution >= 0.6 is 0 Å². The summed E-state index contributed by atoms with van der Waals surface area (Å²) in [5, 5.41) is 9.91. The van der Waals surface area contributed by atoms with Crippen LogP contribution in [0.5, 0.6) is 0 Å². The number of fused-ring (bicyclic) bond motifs is 1. The van der Waals surface area contributed by atoms with E-state index in [1.165, 1.54) is 5.57 Å². The van der Waals surface area contributed by atoms with Gasteiger partial charge < -0.3 is 9.84 Å². The summed E-state index contributed by atoms with van der Waals surface area (Å²) >= 11 is 0. The van der Waals surface area contributed by atoms with E-state index in [0.29, 0.717) is 0 Å². The van der Waals surface area contributed by atoms with Crippen LogP contribution in [0.2, 0.25) is 0 Å². The molecule has 0 aliphatic heterocycles. The Bertz CT molecular complexity index is 244. The molecular weight excluding hydrogens is 164 g/mol. The van der Waals surface area contributed by atoms with E-state index in [9.17, 15) is 5.11 Å². The van der Waals surface area contributed by atoms with Crippen molar-refractivity contribution in [2.75, 3.05) is 7.11 Å². The fourth-order valence-electron chi connectivity index (χ4n) is 2.85. The van der Waals surface area contributed by atoms with E-state index in [-0.39, 0.29) is 11.5 Å². The quantitative estimate of drug-likeness (QED) is 0.674. The lowest BCUT2D eigenvalue weighted by Crippen LogP contribution is -2.30. The highest BCUT2D eigenvalue weighted by Crippen LogP contribution is 2.51. The van der Waals surface area contributed by atoms with Crippen LogP contribution in [0.25, 0.3) is 0 Å². The largest absolute Gasteiger partial charge is 0.501 e. The molecule has 0 aromatic carbocycles. The van der Waals surface area contributed by atoms with Gasteiger partial charge in [0.15, 0.2) is 0 Å². The van der Waals surface area contributed by atoms with Gasteiger partial charge in [0.25, 0.3) is 0 Å². The molecule has 0 bridgehead atoms. The van der Waals surface area contributed by atoms with E-state index < -0.39 is 0 Å². The van der Waals surface area contributed by atoms with Crippen molar-refractivity contribution < 1.29 is 9.84 Å². The lowest BCUT2D eigenvalue weighted by molar-refractivity contribution is 0.0668. The Morgan fingerprint density at radius 2 is 2.23 bits per heavy atom. The van der Waals surface area contributed by atoms with E-state index in [0.717, 1.165) is 37.9 Å². The number of methoxy groups -OCH3 is 1. The molecule has 1 saturated carbocycles. The average molecular weight is 182 g/mol. The summed E-state index contributed by atoms with van der Waals surface area (Å²) in [4.78, 5) is 0. The molecule has 2 aliphatic rings. The van der Waals surface area contributed by atoms with Gasteiger partial charge in [0.2, 0.25) is 0 Å². The third-order valence-electron chi connectivity index (χ3n) is 3.78. The minimum atomic E-state index is -0.145. The van der Waals surface area contributed by atoms with Gasteiger partial charge >= 0.3 is 0 Å². The zero-order chi connectivity index (χ0) is 9.47. The molecule has 2 unspecified atom stereocenters. The van der Waals surface area contributed by atoms with Gasteiger partial charge in [-0.3, -0.25) is 0 Å². The monoisotopic (exact) mass is 182 g/mol. The van der Waals surface area contributed by atoms with E-state index in [1.54, 1.807) is 7.11 Å². The van der Waals surface area contributed by atoms with Crippen LogP contribution in [-0.4, -0.2) is 18.3 Å². The maximum Gasteiger partial charge on any atom is 0.0953 e. The van der Waals surface area contributed by atoms with Gasteiger partial charge in [0.1, 0.15) is 0 Å². The van der Waals surface area contributed by atoms with Gasteiger partial charge in [0, 0.05) is 11.8 Å². The van der Waals surface area contributed by atoms with Crippen molar-refractivity contribution in [1.82, 2.24) is 0 Å². The molecule has 0 aromatic heterocycles. The SMILES string of the molecule is COC1=C2CCC(O)C2(C)CCC1. The number of ether oxygens (including phenoxy) is 1. The number of hydrogen-bond acceptors (Lipinski definition) is 2. The predicted molar refractivity (Wildman–Crippen MR) is 51.2 cm³/mol. The molecule has 2 heteroatoms. The summed E-state index contributed by atoms with van der Waals surface area (Å²) in [6.07, 6.45) is 5.14. The van der Waals surface area contributed by atoms with Crippen molar-refractivity contribution >= 4 is 0 Å². The van der Waals surface area contributed by atoms with E-state index in [4.69, 9.17) is 4.74 Å². The topological polar surface area (TPSA) is 29.5 Å². The molecule has 0 heterocycles. The molecule has 0 aromatic rings. The van der Waals surface area contributed by atoms with Crippen molar-refractivity contribution in [3.8, 4) is 0 Å². The Hall–Kier alpha value is -0.500. The van der Waals surface area contributed by atoms with Crippen LogP contribution in [0.15, 0.2) is 11.3 Å². The zero-order valence-corrected chi connectivity index (χ0v) is 8.47. The first-order chi connectivity index (χ1) is 6.18. The summed E-state index contributed by atoms with van der Waals surface area (Å²) in [7, 11) is 1.75. The second-order valence-electron chi connectivity index (χ2n) is 4.43. The number of hydrogen-bond donors (Lipinski definition) is 1. The summed E-state index contributed by atoms with van der Waals surface area (Å²) in [5.41, 5.74) is 1.41. The Balaban J connectivity index is 2.38. The lowest BCUT2D eigenvalue weighted by atomic mass is 9.74. The Morgan fingerprint density at radius 3 is 2.92 bits per heavy atom. The van der Waals surface area contributed by atoms with Crippen LogP contribution in [0.1, 0.15) is 39.0 Å². The highest BCUT2D eigenvalue weighted by Gasteiger charge is 2.45. The van der Waals surface area contributed by atoms with Gasteiger partial charge in [-0.25, -0.2) is 0 Å². The standard InChI is InChI=1S/C11H18O2/c1-11-7-3-4-9(13-2)8(11)5-6-10(11)12/h10,12H,3-7H2,1-2H3. The lowest BCUT2D eigenvalue weighted by Gasteiger charge is -2.34. The number of allylic oxidation sites excluding steroid dienone is 1. The van der Waals surface area contributed by atoms with Gasteiger partial charge in [-0.2, -0.15) is 0 Å². The van der Waals surface area contributed by atoms with Crippen molar-refractivity contribution in [1.29, 1.82) is 0 Å².